The molecule has 0 fully saturated rings. The Morgan fingerprint density at radius 1 is 1.30 bits per heavy atom. The number of carboxylic acids is 1. The van der Waals surface area contributed by atoms with Gasteiger partial charge in [-0.05, 0) is 35.7 Å². The highest BCUT2D eigenvalue weighted by molar-refractivity contribution is 7.92. The van der Waals surface area contributed by atoms with Crippen molar-refractivity contribution in [3.05, 3.63) is 52.8 Å². The van der Waals surface area contributed by atoms with Gasteiger partial charge >= 0.3 is 5.97 Å². The second-order valence-electron chi connectivity index (χ2n) is 5.20. The highest BCUT2D eigenvalue weighted by Crippen LogP contribution is 2.26. The Labute approximate surface area is 139 Å². The quantitative estimate of drug-likeness (QED) is 0.802. The first-order valence-electron chi connectivity index (χ1n) is 6.72. The van der Waals surface area contributed by atoms with Gasteiger partial charge in [-0.15, -0.1) is 0 Å². The number of benzene rings is 1. The molecule has 0 aliphatic heterocycles. The molecule has 122 valence electrons. The fraction of sp³-hybridized carbons (Fsp3) is 0.200. The van der Waals surface area contributed by atoms with Crippen LogP contribution < -0.4 is 4.72 Å². The van der Waals surface area contributed by atoms with E-state index in [-0.39, 0.29) is 27.2 Å². The number of aromatic carboxylic acids is 1. The van der Waals surface area contributed by atoms with E-state index in [4.69, 9.17) is 16.7 Å². The van der Waals surface area contributed by atoms with Crippen molar-refractivity contribution < 1.29 is 18.3 Å². The lowest BCUT2D eigenvalue weighted by molar-refractivity contribution is 0.0696. The Bertz CT molecular complexity index is 850. The Kier molecular flexibility index (Phi) is 4.91. The Morgan fingerprint density at radius 3 is 2.61 bits per heavy atom. The van der Waals surface area contributed by atoms with Crippen LogP contribution in [0, 0.1) is 0 Å². The lowest BCUT2D eigenvalue weighted by atomic mass is 10.1. The molecule has 0 saturated heterocycles. The third-order valence-electron chi connectivity index (χ3n) is 3.16. The number of nitrogens with zero attached hydrogens (tertiary/aromatic N) is 1. The maximum absolute atomic E-state index is 12.4. The number of nitrogens with one attached hydrogen (secondary N) is 1. The predicted octanol–water partition coefficient (Wildman–Crippen LogP) is 3.36. The summed E-state index contributed by atoms with van der Waals surface area (Å²) >= 11 is 5.94. The smallest absolute Gasteiger partial charge is 0.335 e. The van der Waals surface area contributed by atoms with Gasteiger partial charge in [-0.25, -0.2) is 18.2 Å². The van der Waals surface area contributed by atoms with Crippen molar-refractivity contribution in [2.24, 2.45) is 0 Å². The zero-order chi connectivity index (χ0) is 17.2. The van der Waals surface area contributed by atoms with Crippen LogP contribution in [0.25, 0.3) is 0 Å². The van der Waals surface area contributed by atoms with E-state index in [2.05, 4.69) is 9.71 Å². The molecule has 0 amide bonds. The number of anilines is 1. The summed E-state index contributed by atoms with van der Waals surface area (Å²) in [5.74, 6) is -1.05. The molecule has 2 rings (SSSR count). The van der Waals surface area contributed by atoms with Crippen LogP contribution in [-0.2, 0) is 10.0 Å². The van der Waals surface area contributed by atoms with Gasteiger partial charge in [-0.1, -0.05) is 31.5 Å². The molecule has 23 heavy (non-hydrogen) atoms. The van der Waals surface area contributed by atoms with Gasteiger partial charge in [0, 0.05) is 6.20 Å². The van der Waals surface area contributed by atoms with E-state index in [1.165, 1.54) is 18.2 Å². The van der Waals surface area contributed by atoms with Crippen LogP contribution in [0.15, 0.2) is 41.4 Å². The van der Waals surface area contributed by atoms with E-state index in [0.29, 0.717) is 0 Å². The second-order valence-corrected chi connectivity index (χ2v) is 7.24. The largest absolute Gasteiger partial charge is 0.478 e. The number of aromatic nitrogens is 1. The molecule has 2 aromatic rings. The average molecular weight is 355 g/mol. The molecule has 0 aliphatic rings. The van der Waals surface area contributed by atoms with Crippen LogP contribution in [0.3, 0.4) is 0 Å². The number of hydrogen-bond donors (Lipinski definition) is 2. The Morgan fingerprint density at radius 2 is 2.00 bits per heavy atom. The summed E-state index contributed by atoms with van der Waals surface area (Å²) in [7, 11) is -3.97. The summed E-state index contributed by atoms with van der Waals surface area (Å²) in [6, 6.07) is 6.68. The number of carboxylic acid groups (broad SMARTS) is 1. The number of pyridine rings is 1. The van der Waals surface area contributed by atoms with E-state index in [1.807, 2.05) is 13.8 Å². The highest BCUT2D eigenvalue weighted by Gasteiger charge is 2.18. The molecule has 2 N–H and O–H groups in total. The second kappa shape index (κ2) is 6.55. The first-order valence-corrected chi connectivity index (χ1v) is 8.58. The molecule has 1 aromatic heterocycles. The monoisotopic (exact) mass is 354 g/mol. The predicted molar refractivity (Wildman–Crippen MR) is 87.5 cm³/mol. The minimum atomic E-state index is -3.97. The summed E-state index contributed by atoms with van der Waals surface area (Å²) in [4.78, 5) is 14.8. The van der Waals surface area contributed by atoms with Crippen molar-refractivity contribution in [1.29, 1.82) is 0 Å². The van der Waals surface area contributed by atoms with Gasteiger partial charge in [0.2, 0.25) is 0 Å². The van der Waals surface area contributed by atoms with Crippen molar-refractivity contribution in [1.82, 2.24) is 4.98 Å². The number of sulfonamides is 1. The molecule has 0 spiro atoms. The first kappa shape index (κ1) is 17.2. The van der Waals surface area contributed by atoms with E-state index >= 15 is 0 Å². The zero-order valence-electron chi connectivity index (χ0n) is 12.4. The van der Waals surface area contributed by atoms with Crippen LogP contribution in [0.2, 0.25) is 5.15 Å². The summed E-state index contributed by atoms with van der Waals surface area (Å²) in [6.45, 7) is 3.89. The number of rotatable bonds is 5. The minimum absolute atomic E-state index is 0.0207. The van der Waals surface area contributed by atoms with Crippen molar-refractivity contribution in [3.63, 3.8) is 0 Å². The summed E-state index contributed by atoms with van der Waals surface area (Å²) in [5.41, 5.74) is 0.859. The molecule has 0 saturated carbocycles. The standard InChI is InChI=1S/C15H15ClN2O4S/c1-9(2)11-7-13(14(16)17-8-11)18-23(21,22)12-5-3-4-10(6-12)15(19)20/h3-9,18H,1-2H3,(H,19,20). The van der Waals surface area contributed by atoms with Gasteiger partial charge in [0.05, 0.1) is 16.1 Å². The van der Waals surface area contributed by atoms with Gasteiger partial charge in [0.1, 0.15) is 0 Å². The number of carbonyl (C=O) groups is 1. The van der Waals surface area contributed by atoms with Gasteiger partial charge in [-0.3, -0.25) is 4.72 Å². The number of halogens is 1. The molecular formula is C15H15ClN2O4S. The van der Waals surface area contributed by atoms with Crippen molar-refractivity contribution >= 4 is 33.3 Å². The summed E-state index contributed by atoms with van der Waals surface area (Å²) in [6.07, 6.45) is 1.58. The molecule has 0 radical (unpaired) electrons. The fourth-order valence-electron chi connectivity index (χ4n) is 1.85. The molecule has 1 aromatic carbocycles. The van der Waals surface area contributed by atoms with E-state index in [0.717, 1.165) is 11.6 Å². The molecule has 8 heteroatoms. The molecule has 0 aliphatic carbocycles. The normalized spacial score (nSPS) is 11.5. The summed E-state index contributed by atoms with van der Waals surface area (Å²) in [5, 5.41) is 8.98. The Hall–Kier alpha value is -2.12. The van der Waals surface area contributed by atoms with E-state index in [1.54, 1.807) is 12.3 Å². The summed E-state index contributed by atoms with van der Waals surface area (Å²) < 4.78 is 27.2. The maximum Gasteiger partial charge on any atom is 0.335 e. The lowest BCUT2D eigenvalue weighted by Crippen LogP contribution is -2.14. The van der Waals surface area contributed by atoms with Gasteiger partial charge in [-0.2, -0.15) is 0 Å². The maximum atomic E-state index is 12.4. The topological polar surface area (TPSA) is 96.4 Å². The van der Waals surface area contributed by atoms with Crippen LogP contribution in [0.1, 0.15) is 35.7 Å². The molecule has 6 nitrogen and oxygen atoms in total. The lowest BCUT2D eigenvalue weighted by Gasteiger charge is -2.12. The van der Waals surface area contributed by atoms with E-state index in [9.17, 15) is 13.2 Å². The third kappa shape index (κ3) is 4.00. The highest BCUT2D eigenvalue weighted by atomic mass is 35.5. The zero-order valence-corrected chi connectivity index (χ0v) is 14.0. The van der Waals surface area contributed by atoms with Crippen LogP contribution in [0.4, 0.5) is 5.69 Å². The van der Waals surface area contributed by atoms with Crippen molar-refractivity contribution in [2.45, 2.75) is 24.7 Å². The van der Waals surface area contributed by atoms with Crippen molar-refractivity contribution in [3.8, 4) is 0 Å². The van der Waals surface area contributed by atoms with Gasteiger partial charge in [0.25, 0.3) is 10.0 Å². The first-order chi connectivity index (χ1) is 10.7. The van der Waals surface area contributed by atoms with Crippen LogP contribution >= 0.6 is 11.6 Å². The van der Waals surface area contributed by atoms with Gasteiger partial charge in [0.15, 0.2) is 5.15 Å². The molecular weight excluding hydrogens is 340 g/mol. The SMILES string of the molecule is CC(C)c1cnc(Cl)c(NS(=O)(=O)c2cccc(C(=O)O)c2)c1. The molecule has 0 atom stereocenters. The van der Waals surface area contributed by atoms with E-state index < -0.39 is 16.0 Å². The minimum Gasteiger partial charge on any atom is -0.478 e. The Balaban J connectivity index is 2.41. The molecule has 1 heterocycles. The third-order valence-corrected chi connectivity index (χ3v) is 4.83. The van der Waals surface area contributed by atoms with Gasteiger partial charge < -0.3 is 5.11 Å². The van der Waals surface area contributed by atoms with Crippen LogP contribution in [-0.4, -0.2) is 24.5 Å². The molecule has 0 unspecified atom stereocenters. The number of hydrogen-bond acceptors (Lipinski definition) is 4. The van der Waals surface area contributed by atoms with Crippen molar-refractivity contribution in [2.75, 3.05) is 4.72 Å². The average Bonchev–Trinajstić information content (AvgIpc) is 2.49. The molecule has 0 bridgehead atoms. The van der Waals surface area contributed by atoms with Crippen LogP contribution in [0.5, 0.6) is 0 Å². The fourth-order valence-corrected chi connectivity index (χ4v) is 3.16.